The van der Waals surface area contributed by atoms with Crippen LogP contribution in [0.15, 0.2) is 0 Å². The summed E-state index contributed by atoms with van der Waals surface area (Å²) in [4.78, 5) is 13.4. The summed E-state index contributed by atoms with van der Waals surface area (Å²) >= 11 is 5.53. The lowest BCUT2D eigenvalue weighted by atomic mass is 10.1. The van der Waals surface area contributed by atoms with Gasteiger partial charge in [0.25, 0.3) is 0 Å². The summed E-state index contributed by atoms with van der Waals surface area (Å²) in [7, 11) is 1.88. The van der Waals surface area contributed by atoms with Crippen LogP contribution < -0.4 is 0 Å². The Kier molecular flexibility index (Phi) is 7.06. The van der Waals surface area contributed by atoms with E-state index in [1.165, 1.54) is 0 Å². The van der Waals surface area contributed by atoms with Gasteiger partial charge in [-0.2, -0.15) is 0 Å². The molecule has 0 aromatic rings. The van der Waals surface area contributed by atoms with Crippen LogP contribution in [0.3, 0.4) is 0 Å². The molecule has 0 atom stereocenters. The van der Waals surface area contributed by atoms with Crippen LogP contribution in [0.4, 0.5) is 0 Å². The van der Waals surface area contributed by atoms with E-state index >= 15 is 0 Å². The monoisotopic (exact) mass is 205 g/mol. The number of carbonyl (C=O) groups is 1. The lowest BCUT2D eigenvalue weighted by Crippen LogP contribution is -2.36. The van der Waals surface area contributed by atoms with E-state index in [1.54, 1.807) is 0 Å². The maximum atomic E-state index is 11.5. The predicted octanol–water partition coefficient (Wildman–Crippen LogP) is 2.65. The highest BCUT2D eigenvalue weighted by atomic mass is 35.5. The van der Waals surface area contributed by atoms with Crippen LogP contribution in [-0.2, 0) is 4.79 Å². The molecule has 3 heteroatoms. The van der Waals surface area contributed by atoms with Gasteiger partial charge in [0, 0.05) is 25.4 Å². The summed E-state index contributed by atoms with van der Waals surface area (Å²) in [5.74, 6) is 0.789. The van der Waals surface area contributed by atoms with Crippen LogP contribution in [0.2, 0.25) is 0 Å². The molecule has 0 rings (SSSR count). The maximum absolute atomic E-state index is 11.5. The Labute approximate surface area is 86.2 Å². The molecule has 0 spiro atoms. The largest absolute Gasteiger partial charge is 0.343 e. The molecule has 0 N–H and O–H groups in total. The fourth-order valence-electron chi connectivity index (χ4n) is 1.43. The number of carbonyl (C=O) groups excluding carboxylic acids is 1. The lowest BCUT2D eigenvalue weighted by molar-refractivity contribution is -0.132. The van der Waals surface area contributed by atoms with Gasteiger partial charge in [0.15, 0.2) is 0 Å². The van der Waals surface area contributed by atoms with Gasteiger partial charge in [-0.25, -0.2) is 0 Å². The Morgan fingerprint density at radius 1 is 1.38 bits per heavy atom. The van der Waals surface area contributed by atoms with Crippen LogP contribution in [0.1, 0.15) is 39.5 Å². The number of hydrogen-bond donors (Lipinski definition) is 0. The van der Waals surface area contributed by atoms with Crippen molar-refractivity contribution in [3.05, 3.63) is 0 Å². The molecular formula is C10H20ClNO. The van der Waals surface area contributed by atoms with E-state index in [2.05, 4.69) is 13.8 Å². The number of halogens is 1. The highest BCUT2D eigenvalue weighted by Gasteiger charge is 2.15. The second-order valence-corrected chi connectivity index (χ2v) is 3.65. The quantitative estimate of drug-likeness (QED) is 0.611. The minimum absolute atomic E-state index is 0.217. The standard InChI is InChI=1S/C10H20ClNO/c1-4-9(5-2)12(3)10(13)7-6-8-11/h9H,4-8H2,1-3H3. The summed E-state index contributed by atoms with van der Waals surface area (Å²) in [6.45, 7) is 4.22. The fraction of sp³-hybridized carbons (Fsp3) is 0.900. The number of alkyl halides is 1. The van der Waals surface area contributed by atoms with Crippen LogP contribution in [0.5, 0.6) is 0 Å². The normalized spacial score (nSPS) is 10.5. The van der Waals surface area contributed by atoms with Gasteiger partial charge in [-0.1, -0.05) is 13.8 Å². The van der Waals surface area contributed by atoms with Crippen molar-refractivity contribution in [2.24, 2.45) is 0 Å². The van der Waals surface area contributed by atoms with E-state index in [4.69, 9.17) is 11.6 Å². The SMILES string of the molecule is CCC(CC)N(C)C(=O)CCCCl. The first-order chi connectivity index (χ1) is 6.17. The Balaban J connectivity index is 3.91. The second kappa shape index (κ2) is 7.19. The van der Waals surface area contributed by atoms with Gasteiger partial charge in [0.2, 0.25) is 5.91 Å². The molecule has 78 valence electrons. The highest BCUT2D eigenvalue weighted by molar-refractivity contribution is 6.17. The zero-order valence-electron chi connectivity index (χ0n) is 8.85. The van der Waals surface area contributed by atoms with Crippen LogP contribution >= 0.6 is 11.6 Å². The third-order valence-electron chi connectivity index (χ3n) is 2.41. The zero-order valence-corrected chi connectivity index (χ0v) is 9.60. The molecule has 0 aromatic heterocycles. The molecule has 13 heavy (non-hydrogen) atoms. The summed E-state index contributed by atoms with van der Waals surface area (Å²) in [6, 6.07) is 0.392. The molecule has 0 unspecified atom stereocenters. The first kappa shape index (κ1) is 12.8. The second-order valence-electron chi connectivity index (χ2n) is 3.27. The van der Waals surface area contributed by atoms with E-state index in [1.807, 2.05) is 11.9 Å². The molecule has 0 saturated heterocycles. The fourth-order valence-corrected chi connectivity index (χ4v) is 1.57. The summed E-state index contributed by atoms with van der Waals surface area (Å²) in [5, 5.41) is 0. The highest BCUT2D eigenvalue weighted by Crippen LogP contribution is 2.08. The number of amides is 1. The Morgan fingerprint density at radius 3 is 2.31 bits per heavy atom. The zero-order chi connectivity index (χ0) is 10.3. The smallest absolute Gasteiger partial charge is 0.222 e. The molecule has 1 amide bonds. The summed E-state index contributed by atoms with van der Waals surface area (Å²) < 4.78 is 0. The molecule has 0 heterocycles. The van der Waals surface area contributed by atoms with Crippen LogP contribution in [0.25, 0.3) is 0 Å². The molecule has 0 fully saturated rings. The summed E-state index contributed by atoms with van der Waals surface area (Å²) in [5.41, 5.74) is 0. The van der Waals surface area contributed by atoms with Crippen molar-refractivity contribution in [1.82, 2.24) is 4.90 Å². The average molecular weight is 206 g/mol. The van der Waals surface area contributed by atoms with E-state index in [9.17, 15) is 4.79 Å². The van der Waals surface area contributed by atoms with E-state index < -0.39 is 0 Å². The third kappa shape index (κ3) is 4.51. The molecule has 0 aliphatic rings. The topological polar surface area (TPSA) is 20.3 Å². The van der Waals surface area contributed by atoms with Crippen molar-refractivity contribution in [3.63, 3.8) is 0 Å². The first-order valence-corrected chi connectivity index (χ1v) is 5.52. The van der Waals surface area contributed by atoms with Gasteiger partial charge < -0.3 is 4.90 Å². The molecule has 0 bridgehead atoms. The van der Waals surface area contributed by atoms with Gasteiger partial charge in [0.1, 0.15) is 0 Å². The Morgan fingerprint density at radius 2 is 1.92 bits per heavy atom. The van der Waals surface area contributed by atoms with Crippen molar-refractivity contribution < 1.29 is 4.79 Å². The number of hydrogen-bond acceptors (Lipinski definition) is 1. The van der Waals surface area contributed by atoms with E-state index in [0.717, 1.165) is 19.3 Å². The minimum Gasteiger partial charge on any atom is -0.343 e. The van der Waals surface area contributed by atoms with Crippen LogP contribution in [0, 0.1) is 0 Å². The molecule has 0 radical (unpaired) electrons. The molecule has 0 saturated carbocycles. The third-order valence-corrected chi connectivity index (χ3v) is 2.68. The predicted molar refractivity (Wildman–Crippen MR) is 57.1 cm³/mol. The van der Waals surface area contributed by atoms with Crippen molar-refractivity contribution in [2.75, 3.05) is 12.9 Å². The van der Waals surface area contributed by atoms with Crippen LogP contribution in [-0.4, -0.2) is 29.8 Å². The number of rotatable bonds is 6. The molecule has 0 aliphatic carbocycles. The van der Waals surface area contributed by atoms with E-state index in [0.29, 0.717) is 18.3 Å². The van der Waals surface area contributed by atoms with Gasteiger partial charge in [0.05, 0.1) is 0 Å². The molecule has 2 nitrogen and oxygen atoms in total. The first-order valence-electron chi connectivity index (χ1n) is 4.98. The van der Waals surface area contributed by atoms with E-state index in [-0.39, 0.29) is 5.91 Å². The van der Waals surface area contributed by atoms with Gasteiger partial charge in [-0.3, -0.25) is 4.79 Å². The minimum atomic E-state index is 0.217. The Hall–Kier alpha value is -0.240. The van der Waals surface area contributed by atoms with Crippen molar-refractivity contribution in [1.29, 1.82) is 0 Å². The van der Waals surface area contributed by atoms with Gasteiger partial charge >= 0.3 is 0 Å². The lowest BCUT2D eigenvalue weighted by Gasteiger charge is -2.26. The van der Waals surface area contributed by atoms with Gasteiger partial charge in [-0.05, 0) is 19.3 Å². The van der Waals surface area contributed by atoms with Crippen molar-refractivity contribution in [3.8, 4) is 0 Å². The van der Waals surface area contributed by atoms with Gasteiger partial charge in [-0.15, -0.1) is 11.6 Å². The molecular weight excluding hydrogens is 186 g/mol. The van der Waals surface area contributed by atoms with Crippen molar-refractivity contribution >= 4 is 17.5 Å². The summed E-state index contributed by atoms with van der Waals surface area (Å²) in [6.07, 6.45) is 3.42. The maximum Gasteiger partial charge on any atom is 0.222 e. The molecule has 0 aliphatic heterocycles. The average Bonchev–Trinajstić information content (AvgIpc) is 2.15. The molecule has 0 aromatic carbocycles. The van der Waals surface area contributed by atoms with Crippen molar-refractivity contribution in [2.45, 2.75) is 45.6 Å². The Bertz CT molecular complexity index is 146. The number of nitrogens with zero attached hydrogens (tertiary/aromatic N) is 1.